The molecule has 0 aromatic carbocycles. The van der Waals surface area contributed by atoms with Crippen molar-refractivity contribution >= 4 is 41.9 Å². The Morgan fingerprint density at radius 3 is 2.62 bits per heavy atom. The molecule has 24 heavy (non-hydrogen) atoms. The number of likely N-dealkylation sites (tertiary alicyclic amines) is 1. The minimum Gasteiger partial charge on any atom is -0.354 e. The third-order valence-corrected chi connectivity index (χ3v) is 4.56. The molecule has 1 atom stereocenters. The van der Waals surface area contributed by atoms with Crippen LogP contribution in [0.25, 0.3) is 0 Å². The van der Waals surface area contributed by atoms with E-state index in [-0.39, 0.29) is 42.5 Å². The number of carbonyl (C=O) groups excluding carboxylic acids is 2. The molecule has 8 nitrogen and oxygen atoms in total. The highest BCUT2D eigenvalue weighted by Crippen LogP contribution is 2.15. The van der Waals surface area contributed by atoms with E-state index in [4.69, 9.17) is 0 Å². The molecule has 0 aromatic rings. The summed E-state index contributed by atoms with van der Waals surface area (Å²) in [5.74, 6) is 0.668. The monoisotopic (exact) mass is 452 g/mol. The molecule has 2 aliphatic heterocycles. The summed E-state index contributed by atoms with van der Waals surface area (Å²) in [6.45, 7) is 9.42. The van der Waals surface area contributed by atoms with Gasteiger partial charge in [-0.1, -0.05) is 13.8 Å². The van der Waals surface area contributed by atoms with Gasteiger partial charge in [0.1, 0.15) is 0 Å². The summed E-state index contributed by atoms with van der Waals surface area (Å²) in [7, 11) is 1.76. The van der Waals surface area contributed by atoms with Crippen LogP contribution in [0.5, 0.6) is 0 Å². The molecule has 2 saturated heterocycles. The van der Waals surface area contributed by atoms with Gasteiger partial charge < -0.3 is 15.5 Å². The van der Waals surface area contributed by atoms with Gasteiger partial charge in [0.25, 0.3) is 0 Å². The Morgan fingerprint density at radius 2 is 2.08 bits per heavy atom. The maximum atomic E-state index is 11.5. The smallest absolute Gasteiger partial charge is 0.324 e. The number of imide groups is 1. The molecule has 2 heterocycles. The van der Waals surface area contributed by atoms with Gasteiger partial charge in [-0.05, 0) is 19.5 Å². The number of urea groups is 1. The number of amides is 3. The Balaban J connectivity index is 0.00000288. The molecule has 2 N–H and O–H groups in total. The molecule has 2 fully saturated rings. The molecule has 1 unspecified atom stereocenters. The van der Waals surface area contributed by atoms with Crippen molar-refractivity contribution in [1.82, 2.24) is 25.3 Å². The summed E-state index contributed by atoms with van der Waals surface area (Å²) in [6.07, 6.45) is 1.13. The van der Waals surface area contributed by atoms with Crippen molar-refractivity contribution in [3.8, 4) is 0 Å². The van der Waals surface area contributed by atoms with Crippen molar-refractivity contribution in [2.24, 2.45) is 4.99 Å². The third kappa shape index (κ3) is 4.95. The second-order valence-corrected chi connectivity index (χ2v) is 5.79. The van der Waals surface area contributed by atoms with Crippen LogP contribution >= 0.6 is 24.0 Å². The van der Waals surface area contributed by atoms with Crippen molar-refractivity contribution in [2.75, 3.05) is 52.9 Å². The molecule has 0 spiro atoms. The number of nitrogens with zero attached hydrogens (tertiary/aromatic N) is 4. The van der Waals surface area contributed by atoms with E-state index in [1.807, 2.05) is 0 Å². The fraction of sp³-hybridized carbons (Fsp3) is 0.800. The largest absolute Gasteiger partial charge is 0.354 e. The Hall–Kier alpha value is -1.10. The second kappa shape index (κ2) is 10.0. The van der Waals surface area contributed by atoms with Gasteiger partial charge in [-0.2, -0.15) is 0 Å². The summed E-state index contributed by atoms with van der Waals surface area (Å²) in [5.41, 5.74) is 0. The number of guanidine groups is 1. The molecule has 0 saturated carbocycles. The molecule has 9 heteroatoms. The lowest BCUT2D eigenvalue weighted by Gasteiger charge is -2.27. The van der Waals surface area contributed by atoms with Gasteiger partial charge in [-0.15, -0.1) is 24.0 Å². The van der Waals surface area contributed by atoms with E-state index in [9.17, 15) is 9.59 Å². The minimum absolute atomic E-state index is 0. The Bertz CT molecular complexity index is 453. The van der Waals surface area contributed by atoms with E-state index in [1.165, 1.54) is 4.90 Å². The zero-order chi connectivity index (χ0) is 16.8. The van der Waals surface area contributed by atoms with Crippen LogP contribution in [-0.2, 0) is 4.79 Å². The van der Waals surface area contributed by atoms with Gasteiger partial charge in [-0.3, -0.25) is 19.6 Å². The number of nitrogens with one attached hydrogen (secondary N) is 2. The summed E-state index contributed by atoms with van der Waals surface area (Å²) in [6, 6.07) is 0.254. The topological polar surface area (TPSA) is 80.3 Å². The first kappa shape index (κ1) is 20.9. The van der Waals surface area contributed by atoms with E-state index in [0.717, 1.165) is 38.6 Å². The van der Waals surface area contributed by atoms with Gasteiger partial charge in [0.2, 0.25) is 5.91 Å². The number of likely N-dealkylation sites (N-methyl/N-ethyl adjacent to an activating group) is 1. The van der Waals surface area contributed by atoms with Gasteiger partial charge in [0.15, 0.2) is 5.96 Å². The highest BCUT2D eigenvalue weighted by Gasteiger charge is 2.29. The molecular weight excluding hydrogens is 423 g/mol. The summed E-state index contributed by atoms with van der Waals surface area (Å²) < 4.78 is 0. The lowest BCUT2D eigenvalue weighted by molar-refractivity contribution is -0.124. The number of hydrogen-bond donors (Lipinski definition) is 2. The zero-order valence-electron chi connectivity index (χ0n) is 14.7. The van der Waals surface area contributed by atoms with E-state index in [2.05, 4.69) is 39.3 Å². The quantitative estimate of drug-likeness (QED) is 0.260. The summed E-state index contributed by atoms with van der Waals surface area (Å²) in [5, 5.41) is 5.78. The van der Waals surface area contributed by atoms with Gasteiger partial charge >= 0.3 is 6.03 Å². The average Bonchev–Trinajstić information content (AvgIpc) is 3.14. The third-order valence-electron chi connectivity index (χ3n) is 4.56. The maximum Gasteiger partial charge on any atom is 0.324 e. The van der Waals surface area contributed by atoms with Crippen LogP contribution in [0.2, 0.25) is 0 Å². The predicted molar refractivity (Wildman–Crippen MR) is 105 cm³/mol. The normalized spacial score (nSPS) is 21.3. The van der Waals surface area contributed by atoms with E-state index >= 15 is 0 Å². The summed E-state index contributed by atoms with van der Waals surface area (Å²) >= 11 is 0. The Morgan fingerprint density at radius 1 is 1.38 bits per heavy atom. The van der Waals surface area contributed by atoms with Crippen molar-refractivity contribution < 1.29 is 9.59 Å². The van der Waals surface area contributed by atoms with Crippen LogP contribution in [0.15, 0.2) is 4.99 Å². The van der Waals surface area contributed by atoms with Crippen LogP contribution in [-0.4, -0.2) is 91.5 Å². The molecule has 0 radical (unpaired) electrons. The molecule has 0 aliphatic carbocycles. The van der Waals surface area contributed by atoms with Crippen LogP contribution in [0.1, 0.15) is 20.3 Å². The Labute approximate surface area is 161 Å². The predicted octanol–water partition coefficient (Wildman–Crippen LogP) is 0.148. The highest BCUT2D eigenvalue weighted by molar-refractivity contribution is 14.0. The Kier molecular flexibility index (Phi) is 8.74. The first-order valence-corrected chi connectivity index (χ1v) is 8.38. The van der Waals surface area contributed by atoms with Crippen molar-refractivity contribution in [2.45, 2.75) is 26.3 Å². The number of rotatable bonds is 6. The van der Waals surface area contributed by atoms with Gasteiger partial charge in [0, 0.05) is 39.3 Å². The summed E-state index contributed by atoms with van der Waals surface area (Å²) in [4.78, 5) is 33.3. The highest BCUT2D eigenvalue weighted by atomic mass is 127. The minimum atomic E-state index is -0.311. The SMILES string of the molecule is CCN(CC)C1CCN(C(=NC)NCCN2C(=O)CNC2=O)C1.I. The lowest BCUT2D eigenvalue weighted by atomic mass is 10.2. The van der Waals surface area contributed by atoms with E-state index < -0.39 is 0 Å². The lowest BCUT2D eigenvalue weighted by Crippen LogP contribution is -2.46. The first-order valence-electron chi connectivity index (χ1n) is 8.38. The van der Waals surface area contributed by atoms with Crippen molar-refractivity contribution in [3.63, 3.8) is 0 Å². The van der Waals surface area contributed by atoms with Gasteiger partial charge in [-0.25, -0.2) is 4.79 Å². The first-order chi connectivity index (χ1) is 11.1. The van der Waals surface area contributed by atoms with E-state index in [0.29, 0.717) is 19.1 Å². The molecule has 138 valence electrons. The van der Waals surface area contributed by atoms with Crippen molar-refractivity contribution in [1.29, 1.82) is 0 Å². The molecular formula is C15H29IN6O2. The van der Waals surface area contributed by atoms with Crippen LogP contribution in [0.3, 0.4) is 0 Å². The second-order valence-electron chi connectivity index (χ2n) is 5.79. The van der Waals surface area contributed by atoms with Crippen LogP contribution < -0.4 is 10.6 Å². The molecule has 0 bridgehead atoms. The van der Waals surface area contributed by atoms with E-state index in [1.54, 1.807) is 7.05 Å². The van der Waals surface area contributed by atoms with Crippen LogP contribution in [0, 0.1) is 0 Å². The molecule has 2 aliphatic rings. The molecule has 0 aromatic heterocycles. The number of carbonyl (C=O) groups is 2. The number of aliphatic imine (C=N–C) groups is 1. The fourth-order valence-electron chi connectivity index (χ4n) is 3.27. The van der Waals surface area contributed by atoms with Gasteiger partial charge in [0.05, 0.1) is 6.54 Å². The zero-order valence-corrected chi connectivity index (χ0v) is 17.1. The number of hydrogen-bond acceptors (Lipinski definition) is 4. The standard InChI is InChI=1S/C15H28N6O2.HI/c1-4-19(5-2)12-6-8-20(11-12)14(16-3)17-7-9-21-13(22)10-18-15(21)23;/h12H,4-11H2,1-3H3,(H,16,17)(H,18,23);1H. The fourth-order valence-corrected chi connectivity index (χ4v) is 3.27. The number of halogens is 1. The average molecular weight is 452 g/mol. The van der Waals surface area contributed by atoms with Crippen molar-refractivity contribution in [3.05, 3.63) is 0 Å². The molecule has 3 amide bonds. The molecule has 2 rings (SSSR count). The van der Waals surface area contributed by atoms with Crippen LogP contribution in [0.4, 0.5) is 4.79 Å². The maximum absolute atomic E-state index is 11.5.